The molecule has 0 bridgehead atoms. The van der Waals surface area contributed by atoms with Crippen molar-refractivity contribution in [2.24, 2.45) is 5.92 Å². The molecule has 6 nitrogen and oxygen atoms in total. The molecular weight excluding hydrogens is 358 g/mol. The molecule has 0 N–H and O–H groups in total. The van der Waals surface area contributed by atoms with Crippen LogP contribution in [0, 0.1) is 17.6 Å². The summed E-state index contributed by atoms with van der Waals surface area (Å²) in [6.45, 7) is 0.250. The van der Waals surface area contributed by atoms with Crippen LogP contribution >= 0.6 is 0 Å². The summed E-state index contributed by atoms with van der Waals surface area (Å²) in [6, 6.07) is 2.34. The Balaban J connectivity index is 1.86. The molecule has 1 amide bonds. The van der Waals surface area contributed by atoms with Gasteiger partial charge in [-0.15, -0.1) is 0 Å². The Kier molecular flexibility index (Phi) is 4.70. The van der Waals surface area contributed by atoms with Gasteiger partial charge in [0.2, 0.25) is 11.7 Å². The van der Waals surface area contributed by atoms with Crippen molar-refractivity contribution in [2.75, 3.05) is 7.11 Å². The number of carbonyl (C=O) groups is 1. The summed E-state index contributed by atoms with van der Waals surface area (Å²) in [5.41, 5.74) is -0.561. The average molecular weight is 373 g/mol. The van der Waals surface area contributed by atoms with Crippen molar-refractivity contribution in [1.29, 1.82) is 0 Å². The molecule has 1 aliphatic carbocycles. The van der Waals surface area contributed by atoms with Crippen LogP contribution in [0.1, 0.15) is 31.2 Å². The summed E-state index contributed by atoms with van der Waals surface area (Å²) < 4.78 is 59.4. The van der Waals surface area contributed by atoms with Gasteiger partial charge >= 0.3 is 5.92 Å². The molecule has 1 aromatic heterocycles. The average Bonchev–Trinajstić information content (AvgIpc) is 3.31. The number of nitrogens with zero attached hydrogens (tertiary/aromatic N) is 3. The van der Waals surface area contributed by atoms with Gasteiger partial charge in [0.25, 0.3) is 5.89 Å². The van der Waals surface area contributed by atoms with E-state index in [1.165, 1.54) is 13.2 Å². The molecule has 0 atom stereocenters. The van der Waals surface area contributed by atoms with Crippen LogP contribution in [0.15, 0.2) is 16.7 Å². The van der Waals surface area contributed by atoms with E-state index < -0.39 is 34.8 Å². The summed E-state index contributed by atoms with van der Waals surface area (Å²) in [7, 11) is 1.26. The van der Waals surface area contributed by atoms with Crippen LogP contribution in [0.4, 0.5) is 17.6 Å². The number of hydrogen-bond donors (Lipinski definition) is 0. The Morgan fingerprint density at radius 2 is 2.04 bits per heavy atom. The van der Waals surface area contributed by atoms with Crippen molar-refractivity contribution in [3.8, 4) is 11.4 Å². The number of aromatic nitrogens is 2. The van der Waals surface area contributed by atoms with Gasteiger partial charge in [0.05, 0.1) is 19.2 Å². The summed E-state index contributed by atoms with van der Waals surface area (Å²) in [5, 5.41) is 4.22. The Morgan fingerprint density at radius 1 is 1.35 bits per heavy atom. The first-order valence-corrected chi connectivity index (χ1v) is 7.77. The molecular formula is C16H15F4N3O3. The Morgan fingerprint density at radius 3 is 2.58 bits per heavy atom. The Hall–Kier alpha value is -2.49. The minimum Gasteiger partial charge on any atom is -0.332 e. The number of rotatable bonds is 6. The number of hydrogen-bond acceptors (Lipinski definition) is 5. The number of benzene rings is 1. The van der Waals surface area contributed by atoms with E-state index in [0.29, 0.717) is 6.92 Å². The van der Waals surface area contributed by atoms with Gasteiger partial charge in [-0.25, -0.2) is 13.8 Å². The molecule has 0 spiro atoms. The van der Waals surface area contributed by atoms with Crippen LogP contribution in [0.2, 0.25) is 0 Å². The summed E-state index contributed by atoms with van der Waals surface area (Å²) >= 11 is 0. The quantitative estimate of drug-likeness (QED) is 0.573. The molecule has 2 aromatic rings. The highest BCUT2D eigenvalue weighted by Gasteiger charge is 2.35. The van der Waals surface area contributed by atoms with Gasteiger partial charge in [0.1, 0.15) is 0 Å². The smallest absolute Gasteiger partial charge is 0.322 e. The van der Waals surface area contributed by atoms with Gasteiger partial charge in [-0.05, 0) is 18.9 Å². The van der Waals surface area contributed by atoms with E-state index in [4.69, 9.17) is 4.84 Å². The molecule has 1 heterocycles. The van der Waals surface area contributed by atoms with E-state index in [1.807, 2.05) is 0 Å². The lowest BCUT2D eigenvalue weighted by Crippen LogP contribution is -2.31. The van der Waals surface area contributed by atoms with Gasteiger partial charge in [-0.1, -0.05) is 11.2 Å². The number of carbonyl (C=O) groups excluding carboxylic acids is 1. The highest BCUT2D eigenvalue weighted by Crippen LogP contribution is 2.33. The first-order valence-electron chi connectivity index (χ1n) is 7.77. The molecule has 1 fully saturated rings. The molecule has 0 unspecified atom stereocenters. The zero-order valence-electron chi connectivity index (χ0n) is 13.9. The maximum absolute atomic E-state index is 14.4. The van der Waals surface area contributed by atoms with Gasteiger partial charge in [0.15, 0.2) is 11.6 Å². The maximum atomic E-state index is 14.4. The van der Waals surface area contributed by atoms with Gasteiger partial charge in [-0.3, -0.25) is 9.63 Å². The normalized spacial score (nSPS) is 14.5. The summed E-state index contributed by atoms with van der Waals surface area (Å²) in [4.78, 5) is 20.3. The first-order chi connectivity index (χ1) is 12.2. The number of amides is 1. The maximum Gasteiger partial charge on any atom is 0.322 e. The lowest BCUT2D eigenvalue weighted by Gasteiger charge is -2.20. The molecule has 3 rings (SSSR count). The second-order valence-corrected chi connectivity index (χ2v) is 6.04. The molecule has 1 saturated carbocycles. The number of hydroxylamine groups is 2. The third kappa shape index (κ3) is 3.55. The fourth-order valence-electron chi connectivity index (χ4n) is 2.32. The van der Waals surface area contributed by atoms with Crippen molar-refractivity contribution < 1.29 is 31.7 Å². The fourth-order valence-corrected chi connectivity index (χ4v) is 2.32. The van der Waals surface area contributed by atoms with Crippen LogP contribution in [-0.4, -0.2) is 28.2 Å². The van der Waals surface area contributed by atoms with E-state index in [0.717, 1.165) is 24.0 Å². The van der Waals surface area contributed by atoms with Crippen LogP contribution in [-0.2, 0) is 22.1 Å². The molecule has 26 heavy (non-hydrogen) atoms. The zero-order valence-corrected chi connectivity index (χ0v) is 13.9. The lowest BCUT2D eigenvalue weighted by atomic mass is 10.1. The second-order valence-electron chi connectivity index (χ2n) is 6.04. The monoisotopic (exact) mass is 373 g/mol. The minimum atomic E-state index is -3.40. The van der Waals surface area contributed by atoms with Gasteiger partial charge in [-0.2, -0.15) is 13.8 Å². The van der Waals surface area contributed by atoms with Crippen LogP contribution < -0.4 is 0 Å². The number of alkyl halides is 2. The number of halogens is 4. The highest BCUT2D eigenvalue weighted by molar-refractivity contribution is 5.80. The standard InChI is InChI=1S/C16H15F4N3O3/c1-16(19,20)15-21-13(22-26-15)10-6-5-9(11(17)12(10)18)7-23(25-2)14(24)8-3-4-8/h5-6,8H,3-4,7H2,1-2H3. The molecule has 0 radical (unpaired) electrons. The zero-order chi connectivity index (χ0) is 19.1. The Labute approximate surface area is 145 Å². The predicted octanol–water partition coefficient (Wildman–Crippen LogP) is 3.43. The van der Waals surface area contributed by atoms with E-state index in [-0.39, 0.29) is 23.9 Å². The third-order valence-corrected chi connectivity index (χ3v) is 3.91. The molecule has 140 valence electrons. The molecule has 10 heteroatoms. The van der Waals surface area contributed by atoms with E-state index in [1.54, 1.807) is 0 Å². The van der Waals surface area contributed by atoms with Crippen molar-refractivity contribution in [3.63, 3.8) is 0 Å². The van der Waals surface area contributed by atoms with Gasteiger partial charge in [0, 0.05) is 18.4 Å². The summed E-state index contributed by atoms with van der Waals surface area (Å²) in [6.07, 6.45) is 1.47. The van der Waals surface area contributed by atoms with E-state index in [9.17, 15) is 22.4 Å². The SMILES string of the molecule is CON(Cc1ccc(-c2noc(C(C)(F)F)n2)c(F)c1F)C(=O)C1CC1. The molecule has 1 aliphatic rings. The molecule has 0 aliphatic heterocycles. The lowest BCUT2D eigenvalue weighted by molar-refractivity contribution is -0.181. The predicted molar refractivity (Wildman–Crippen MR) is 79.5 cm³/mol. The third-order valence-electron chi connectivity index (χ3n) is 3.91. The first kappa shape index (κ1) is 18.3. The summed E-state index contributed by atoms with van der Waals surface area (Å²) in [5.74, 6) is -7.94. The fraction of sp³-hybridized carbons (Fsp3) is 0.438. The van der Waals surface area contributed by atoms with Crippen LogP contribution in [0.3, 0.4) is 0 Å². The van der Waals surface area contributed by atoms with Crippen molar-refractivity contribution >= 4 is 5.91 Å². The van der Waals surface area contributed by atoms with Crippen LogP contribution in [0.5, 0.6) is 0 Å². The van der Waals surface area contributed by atoms with Crippen molar-refractivity contribution in [3.05, 3.63) is 35.2 Å². The van der Waals surface area contributed by atoms with Gasteiger partial charge < -0.3 is 4.52 Å². The van der Waals surface area contributed by atoms with E-state index in [2.05, 4.69) is 14.7 Å². The molecule has 0 saturated heterocycles. The highest BCUT2D eigenvalue weighted by atomic mass is 19.3. The second kappa shape index (κ2) is 6.67. The molecule has 1 aromatic carbocycles. The van der Waals surface area contributed by atoms with Crippen molar-refractivity contribution in [1.82, 2.24) is 15.2 Å². The van der Waals surface area contributed by atoms with E-state index >= 15 is 0 Å². The Bertz CT molecular complexity index is 831. The van der Waals surface area contributed by atoms with Crippen LogP contribution in [0.25, 0.3) is 11.4 Å². The minimum absolute atomic E-state index is 0.133. The largest absolute Gasteiger partial charge is 0.332 e. The topological polar surface area (TPSA) is 68.5 Å². The van der Waals surface area contributed by atoms with Crippen molar-refractivity contribution in [2.45, 2.75) is 32.2 Å².